The molecule has 1 amide bonds. The zero-order valence-corrected chi connectivity index (χ0v) is 21.4. The van der Waals surface area contributed by atoms with Crippen LogP contribution in [0.25, 0.3) is 11.0 Å². The molecule has 4 rings (SSSR count). The highest BCUT2D eigenvalue weighted by Crippen LogP contribution is 2.23. The van der Waals surface area contributed by atoms with Crippen molar-refractivity contribution in [1.29, 1.82) is 0 Å². The Labute approximate surface area is 207 Å². The fourth-order valence-corrected chi connectivity index (χ4v) is 5.55. The van der Waals surface area contributed by atoms with Crippen molar-refractivity contribution in [3.8, 4) is 0 Å². The maximum absolute atomic E-state index is 13.1. The summed E-state index contributed by atoms with van der Waals surface area (Å²) in [6.45, 7) is 6.56. The Kier molecular flexibility index (Phi) is 7.83. The number of hydrogen-bond donors (Lipinski definition) is 1. The molecular formula is C25H34N6O3S. The number of carbonyl (C=O) groups is 1. The van der Waals surface area contributed by atoms with Crippen LogP contribution in [0.1, 0.15) is 44.7 Å². The minimum atomic E-state index is -3.84. The number of benzene rings is 2. The first-order valence-corrected chi connectivity index (χ1v) is 13.6. The van der Waals surface area contributed by atoms with Crippen LogP contribution in [-0.4, -0.2) is 71.2 Å². The molecule has 35 heavy (non-hydrogen) atoms. The van der Waals surface area contributed by atoms with Gasteiger partial charge in [-0.3, -0.25) is 9.69 Å². The summed E-state index contributed by atoms with van der Waals surface area (Å²) in [6.07, 6.45) is 2.58. The van der Waals surface area contributed by atoms with E-state index < -0.39 is 10.0 Å². The van der Waals surface area contributed by atoms with E-state index >= 15 is 0 Å². The highest BCUT2D eigenvalue weighted by Gasteiger charge is 2.26. The lowest BCUT2D eigenvalue weighted by atomic mass is 10.0. The first kappa shape index (κ1) is 25.3. The second-order valence-corrected chi connectivity index (χ2v) is 11.4. The zero-order chi connectivity index (χ0) is 25.0. The van der Waals surface area contributed by atoms with Crippen LogP contribution in [0.5, 0.6) is 0 Å². The Bertz CT molecular complexity index is 1250. The van der Waals surface area contributed by atoms with E-state index in [1.54, 1.807) is 16.8 Å². The van der Waals surface area contributed by atoms with E-state index in [4.69, 9.17) is 0 Å². The number of likely N-dealkylation sites (tertiary alicyclic amines) is 1. The highest BCUT2D eigenvalue weighted by atomic mass is 32.2. The predicted molar refractivity (Wildman–Crippen MR) is 135 cm³/mol. The zero-order valence-electron chi connectivity index (χ0n) is 20.6. The molecule has 0 saturated carbocycles. The van der Waals surface area contributed by atoms with Gasteiger partial charge in [0, 0.05) is 32.7 Å². The Morgan fingerprint density at radius 3 is 2.57 bits per heavy atom. The number of piperidine rings is 1. The summed E-state index contributed by atoms with van der Waals surface area (Å²) in [5.74, 6) is -0.290. The Morgan fingerprint density at radius 2 is 1.89 bits per heavy atom. The van der Waals surface area contributed by atoms with Crippen LogP contribution in [0.3, 0.4) is 0 Å². The van der Waals surface area contributed by atoms with Gasteiger partial charge in [-0.1, -0.05) is 42.5 Å². The molecule has 1 aliphatic rings. The van der Waals surface area contributed by atoms with Gasteiger partial charge >= 0.3 is 0 Å². The van der Waals surface area contributed by atoms with Gasteiger partial charge in [-0.15, -0.1) is 5.10 Å². The normalized spacial score (nSPS) is 16.6. The van der Waals surface area contributed by atoms with Gasteiger partial charge in [0.15, 0.2) is 0 Å². The molecule has 1 fully saturated rings. The summed E-state index contributed by atoms with van der Waals surface area (Å²) < 4.78 is 29.1. The van der Waals surface area contributed by atoms with Gasteiger partial charge in [-0.25, -0.2) is 13.1 Å². The molecule has 1 aliphatic heterocycles. The van der Waals surface area contributed by atoms with E-state index in [9.17, 15) is 13.2 Å². The van der Waals surface area contributed by atoms with Crippen LogP contribution in [0.2, 0.25) is 0 Å². The second kappa shape index (κ2) is 10.8. The fourth-order valence-electron chi connectivity index (χ4n) is 4.40. The molecule has 10 heteroatoms. The number of amides is 1. The summed E-state index contributed by atoms with van der Waals surface area (Å²) in [5, 5.41) is 11.3. The Morgan fingerprint density at radius 1 is 1.17 bits per heavy atom. The van der Waals surface area contributed by atoms with Gasteiger partial charge in [0.05, 0.1) is 23.0 Å². The minimum Gasteiger partial charge on any atom is -0.352 e. The van der Waals surface area contributed by atoms with Crippen molar-refractivity contribution in [2.75, 3.05) is 26.7 Å². The SMILES string of the molecule is CC[C@H](C)n1nnc2cc(S(=O)(=O)N(C)CC(=O)NC3CCN(Cc4ccccc4)CC3)ccc21. The van der Waals surface area contributed by atoms with Crippen molar-refractivity contribution in [2.24, 2.45) is 0 Å². The number of hydrogen-bond acceptors (Lipinski definition) is 6. The molecule has 9 nitrogen and oxygen atoms in total. The first-order chi connectivity index (χ1) is 16.8. The van der Waals surface area contributed by atoms with Crippen molar-refractivity contribution in [3.05, 3.63) is 54.1 Å². The lowest BCUT2D eigenvalue weighted by Crippen LogP contribution is -2.47. The van der Waals surface area contributed by atoms with E-state index in [1.165, 1.54) is 18.7 Å². The second-order valence-electron chi connectivity index (χ2n) is 9.31. The molecule has 0 radical (unpaired) electrons. The third-order valence-electron chi connectivity index (χ3n) is 6.73. The van der Waals surface area contributed by atoms with Gasteiger partial charge in [-0.2, -0.15) is 4.31 Å². The molecular weight excluding hydrogens is 464 g/mol. The van der Waals surface area contributed by atoms with Crippen molar-refractivity contribution in [1.82, 2.24) is 29.5 Å². The standard InChI is InChI=1S/C25H34N6O3S/c1-4-19(2)31-24-11-10-22(16-23(24)27-28-31)35(33,34)29(3)18-25(32)26-21-12-14-30(15-13-21)17-20-8-6-5-7-9-20/h5-11,16,19,21H,4,12-15,17-18H2,1-3H3,(H,26,32)/t19-/m0/s1. The van der Waals surface area contributed by atoms with Gasteiger partial charge < -0.3 is 5.32 Å². The Balaban J connectivity index is 1.31. The smallest absolute Gasteiger partial charge is 0.243 e. The van der Waals surface area contributed by atoms with E-state index in [2.05, 4.69) is 39.6 Å². The quantitative estimate of drug-likeness (QED) is 0.487. The molecule has 0 unspecified atom stereocenters. The monoisotopic (exact) mass is 498 g/mol. The number of rotatable bonds is 9. The van der Waals surface area contributed by atoms with E-state index in [1.807, 2.05) is 25.1 Å². The molecule has 0 aliphatic carbocycles. The van der Waals surface area contributed by atoms with Gasteiger partial charge in [0.2, 0.25) is 15.9 Å². The van der Waals surface area contributed by atoms with Crippen LogP contribution >= 0.6 is 0 Å². The number of likely N-dealkylation sites (N-methyl/N-ethyl adjacent to an activating group) is 1. The molecule has 1 saturated heterocycles. The lowest BCUT2D eigenvalue weighted by molar-refractivity contribution is -0.122. The van der Waals surface area contributed by atoms with Crippen molar-refractivity contribution in [2.45, 2.75) is 56.6 Å². The minimum absolute atomic E-state index is 0.0533. The molecule has 0 spiro atoms. The number of nitrogens with one attached hydrogen (secondary N) is 1. The van der Waals surface area contributed by atoms with Crippen LogP contribution in [0.15, 0.2) is 53.4 Å². The maximum Gasteiger partial charge on any atom is 0.243 e. The maximum atomic E-state index is 13.1. The molecule has 1 N–H and O–H groups in total. The number of sulfonamides is 1. The molecule has 2 aromatic carbocycles. The molecule has 0 bridgehead atoms. The summed E-state index contributed by atoms with van der Waals surface area (Å²) >= 11 is 0. The lowest BCUT2D eigenvalue weighted by Gasteiger charge is -2.32. The third-order valence-corrected chi connectivity index (χ3v) is 8.53. The van der Waals surface area contributed by atoms with E-state index in [-0.39, 0.29) is 29.4 Å². The summed E-state index contributed by atoms with van der Waals surface area (Å²) in [5.41, 5.74) is 2.59. The topological polar surface area (TPSA) is 100 Å². The van der Waals surface area contributed by atoms with Crippen LogP contribution in [-0.2, 0) is 21.4 Å². The summed E-state index contributed by atoms with van der Waals surface area (Å²) in [6, 6.07) is 15.4. The van der Waals surface area contributed by atoms with Crippen LogP contribution in [0.4, 0.5) is 0 Å². The van der Waals surface area contributed by atoms with E-state index in [0.717, 1.165) is 48.7 Å². The average molecular weight is 499 g/mol. The molecule has 1 atom stereocenters. The third kappa shape index (κ3) is 5.88. The van der Waals surface area contributed by atoms with Gasteiger partial charge in [-0.05, 0) is 49.9 Å². The van der Waals surface area contributed by atoms with Crippen molar-refractivity contribution >= 4 is 27.0 Å². The van der Waals surface area contributed by atoms with Crippen molar-refractivity contribution in [3.63, 3.8) is 0 Å². The fraction of sp³-hybridized carbons (Fsp3) is 0.480. The highest BCUT2D eigenvalue weighted by molar-refractivity contribution is 7.89. The predicted octanol–water partition coefficient (Wildman–Crippen LogP) is 2.80. The molecule has 1 aromatic heterocycles. The summed E-state index contributed by atoms with van der Waals surface area (Å²) in [4.78, 5) is 15.1. The summed E-state index contributed by atoms with van der Waals surface area (Å²) in [7, 11) is -2.41. The molecule has 188 valence electrons. The molecule has 3 aromatic rings. The number of nitrogens with zero attached hydrogens (tertiary/aromatic N) is 5. The number of aromatic nitrogens is 3. The van der Waals surface area contributed by atoms with Crippen LogP contribution < -0.4 is 5.32 Å². The number of carbonyl (C=O) groups excluding carboxylic acids is 1. The number of fused-ring (bicyclic) bond motifs is 1. The first-order valence-electron chi connectivity index (χ1n) is 12.1. The Hall–Kier alpha value is -2.82. The average Bonchev–Trinajstić information content (AvgIpc) is 3.28. The largest absolute Gasteiger partial charge is 0.352 e. The molecule has 2 heterocycles. The van der Waals surface area contributed by atoms with Crippen molar-refractivity contribution < 1.29 is 13.2 Å². The van der Waals surface area contributed by atoms with Crippen LogP contribution in [0, 0.1) is 0 Å². The van der Waals surface area contributed by atoms with Gasteiger partial charge in [0.25, 0.3) is 0 Å². The van der Waals surface area contributed by atoms with E-state index in [0.29, 0.717) is 5.52 Å². The van der Waals surface area contributed by atoms with Gasteiger partial charge in [0.1, 0.15) is 5.52 Å².